The summed E-state index contributed by atoms with van der Waals surface area (Å²) in [6, 6.07) is 9.87. The smallest absolute Gasteiger partial charge is 0.306 e. The molecule has 7 nitrogen and oxygen atoms in total. The van der Waals surface area contributed by atoms with E-state index >= 15 is 0 Å². The standard InChI is InChI=1S/C19H24N4O3/c1-26-16-4-2-14(3-5-16)6-10-20-19-21-11-7-17(22-19)23-12-8-15(9-13-23)18(24)25/h2-5,7,11,15H,6,8-10,12-13H2,1H3,(H,24,25)(H,20,21,22). The highest BCUT2D eigenvalue weighted by molar-refractivity contribution is 5.70. The summed E-state index contributed by atoms with van der Waals surface area (Å²) in [7, 11) is 1.66. The first kappa shape index (κ1) is 18.0. The monoisotopic (exact) mass is 356 g/mol. The second-order valence-electron chi connectivity index (χ2n) is 6.36. The van der Waals surface area contributed by atoms with Gasteiger partial charge in [-0.2, -0.15) is 4.98 Å². The van der Waals surface area contributed by atoms with E-state index in [-0.39, 0.29) is 5.92 Å². The van der Waals surface area contributed by atoms with Gasteiger partial charge in [0.05, 0.1) is 13.0 Å². The maximum Gasteiger partial charge on any atom is 0.306 e. The molecule has 3 rings (SSSR count). The van der Waals surface area contributed by atoms with E-state index in [0.29, 0.717) is 31.9 Å². The Labute approximate surface area is 153 Å². The van der Waals surface area contributed by atoms with Gasteiger partial charge in [0.15, 0.2) is 0 Å². The molecule has 0 unspecified atom stereocenters. The molecule has 0 spiro atoms. The predicted octanol–water partition coefficient (Wildman–Crippen LogP) is 2.44. The second-order valence-corrected chi connectivity index (χ2v) is 6.36. The van der Waals surface area contributed by atoms with E-state index in [9.17, 15) is 4.79 Å². The topological polar surface area (TPSA) is 87.6 Å². The van der Waals surface area contributed by atoms with E-state index in [1.807, 2.05) is 30.3 Å². The van der Waals surface area contributed by atoms with Crippen LogP contribution < -0.4 is 15.0 Å². The van der Waals surface area contributed by atoms with Crippen molar-refractivity contribution in [3.63, 3.8) is 0 Å². The number of rotatable bonds is 7. The Morgan fingerprint density at radius 2 is 2.00 bits per heavy atom. The van der Waals surface area contributed by atoms with E-state index in [1.54, 1.807) is 13.3 Å². The van der Waals surface area contributed by atoms with Gasteiger partial charge >= 0.3 is 5.97 Å². The van der Waals surface area contributed by atoms with E-state index in [4.69, 9.17) is 9.84 Å². The Kier molecular flexibility index (Phi) is 5.88. The molecular weight excluding hydrogens is 332 g/mol. The van der Waals surface area contributed by atoms with E-state index in [1.165, 1.54) is 5.56 Å². The number of carbonyl (C=O) groups is 1. The predicted molar refractivity (Wildman–Crippen MR) is 99.8 cm³/mol. The lowest BCUT2D eigenvalue weighted by molar-refractivity contribution is -0.142. The Balaban J connectivity index is 1.51. The zero-order chi connectivity index (χ0) is 18.4. The number of piperidine rings is 1. The number of nitrogens with one attached hydrogen (secondary N) is 1. The number of aliphatic carboxylic acids is 1. The first-order valence-electron chi connectivity index (χ1n) is 8.83. The Morgan fingerprint density at radius 3 is 2.65 bits per heavy atom. The minimum absolute atomic E-state index is 0.241. The van der Waals surface area contributed by atoms with Crippen molar-refractivity contribution < 1.29 is 14.6 Å². The fourth-order valence-electron chi connectivity index (χ4n) is 3.08. The molecule has 1 aromatic heterocycles. The lowest BCUT2D eigenvalue weighted by Gasteiger charge is -2.31. The van der Waals surface area contributed by atoms with Crippen LogP contribution in [0.2, 0.25) is 0 Å². The zero-order valence-electron chi connectivity index (χ0n) is 14.9. The third kappa shape index (κ3) is 4.62. The number of ether oxygens (including phenoxy) is 1. The molecule has 2 N–H and O–H groups in total. The zero-order valence-corrected chi connectivity index (χ0v) is 14.9. The fourth-order valence-corrected chi connectivity index (χ4v) is 3.08. The highest BCUT2D eigenvalue weighted by atomic mass is 16.5. The molecule has 26 heavy (non-hydrogen) atoms. The molecule has 1 saturated heterocycles. The number of hydrogen-bond acceptors (Lipinski definition) is 6. The van der Waals surface area contributed by atoms with Gasteiger partial charge in [-0.1, -0.05) is 12.1 Å². The van der Waals surface area contributed by atoms with Gasteiger partial charge < -0.3 is 20.1 Å². The van der Waals surface area contributed by atoms with Crippen LogP contribution in [0.15, 0.2) is 36.5 Å². The van der Waals surface area contributed by atoms with Crippen LogP contribution in [0.3, 0.4) is 0 Å². The van der Waals surface area contributed by atoms with E-state index in [0.717, 1.165) is 24.5 Å². The molecule has 0 bridgehead atoms. The van der Waals surface area contributed by atoms with Crippen molar-refractivity contribution in [1.82, 2.24) is 9.97 Å². The summed E-state index contributed by atoms with van der Waals surface area (Å²) in [5.41, 5.74) is 1.21. The van der Waals surface area contributed by atoms with Crippen molar-refractivity contribution in [3.05, 3.63) is 42.1 Å². The third-order valence-corrected chi connectivity index (χ3v) is 4.66. The summed E-state index contributed by atoms with van der Waals surface area (Å²) >= 11 is 0. The molecule has 0 aliphatic carbocycles. The minimum atomic E-state index is -0.701. The van der Waals surface area contributed by atoms with Crippen LogP contribution >= 0.6 is 0 Å². The van der Waals surface area contributed by atoms with Crippen molar-refractivity contribution in [2.45, 2.75) is 19.3 Å². The van der Waals surface area contributed by atoms with Gasteiger partial charge in [0, 0.05) is 25.8 Å². The summed E-state index contributed by atoms with van der Waals surface area (Å²) < 4.78 is 5.16. The van der Waals surface area contributed by atoms with Gasteiger partial charge in [0.25, 0.3) is 0 Å². The van der Waals surface area contributed by atoms with Crippen molar-refractivity contribution in [2.75, 3.05) is 37.0 Å². The molecule has 7 heteroatoms. The SMILES string of the molecule is COc1ccc(CCNc2nccc(N3CCC(C(=O)O)CC3)n2)cc1. The lowest BCUT2D eigenvalue weighted by Crippen LogP contribution is -2.36. The summed E-state index contributed by atoms with van der Waals surface area (Å²) in [5.74, 6) is 1.35. The van der Waals surface area contributed by atoms with Crippen molar-refractivity contribution >= 4 is 17.7 Å². The van der Waals surface area contributed by atoms with Crippen LogP contribution in [-0.4, -0.2) is 47.8 Å². The molecule has 0 saturated carbocycles. The van der Waals surface area contributed by atoms with Gasteiger partial charge in [0.1, 0.15) is 11.6 Å². The summed E-state index contributed by atoms with van der Waals surface area (Å²) in [6.07, 6.45) is 3.90. The van der Waals surface area contributed by atoms with Gasteiger partial charge in [-0.25, -0.2) is 4.98 Å². The minimum Gasteiger partial charge on any atom is -0.497 e. The Bertz CT molecular complexity index is 728. The maximum absolute atomic E-state index is 11.1. The molecule has 1 aliphatic rings. The van der Waals surface area contributed by atoms with E-state index in [2.05, 4.69) is 20.2 Å². The van der Waals surface area contributed by atoms with Crippen LogP contribution in [0.5, 0.6) is 5.75 Å². The number of hydrogen-bond donors (Lipinski definition) is 2. The number of benzene rings is 1. The first-order valence-corrected chi connectivity index (χ1v) is 8.83. The molecule has 1 aromatic carbocycles. The molecular formula is C19H24N4O3. The number of methoxy groups -OCH3 is 1. The normalized spacial score (nSPS) is 14.9. The molecule has 0 atom stereocenters. The van der Waals surface area contributed by atoms with E-state index < -0.39 is 5.97 Å². The number of anilines is 2. The van der Waals surface area contributed by atoms with Crippen molar-refractivity contribution in [2.24, 2.45) is 5.92 Å². The van der Waals surface area contributed by atoms with Gasteiger partial charge in [-0.05, 0) is 43.0 Å². The number of aromatic nitrogens is 2. The van der Waals surface area contributed by atoms with Crippen LogP contribution in [0.4, 0.5) is 11.8 Å². The average molecular weight is 356 g/mol. The molecule has 1 aliphatic heterocycles. The van der Waals surface area contributed by atoms with Gasteiger partial charge in [-0.15, -0.1) is 0 Å². The average Bonchev–Trinajstić information content (AvgIpc) is 2.69. The maximum atomic E-state index is 11.1. The van der Waals surface area contributed by atoms with Gasteiger partial charge in [0.2, 0.25) is 5.95 Å². The van der Waals surface area contributed by atoms with Crippen molar-refractivity contribution in [1.29, 1.82) is 0 Å². The van der Waals surface area contributed by atoms with Crippen LogP contribution in [-0.2, 0) is 11.2 Å². The summed E-state index contributed by atoms with van der Waals surface area (Å²) in [5, 5.41) is 12.4. The largest absolute Gasteiger partial charge is 0.497 e. The summed E-state index contributed by atoms with van der Waals surface area (Å²) in [4.78, 5) is 22.0. The summed E-state index contributed by atoms with van der Waals surface area (Å²) in [6.45, 7) is 2.15. The number of carboxylic acids is 1. The molecule has 138 valence electrons. The highest BCUT2D eigenvalue weighted by Gasteiger charge is 2.25. The fraction of sp³-hybridized carbons (Fsp3) is 0.421. The lowest BCUT2D eigenvalue weighted by atomic mass is 9.97. The molecule has 2 aromatic rings. The molecule has 2 heterocycles. The number of nitrogens with zero attached hydrogens (tertiary/aromatic N) is 3. The molecule has 0 amide bonds. The van der Waals surface area contributed by atoms with Crippen LogP contribution in [0.1, 0.15) is 18.4 Å². The highest BCUT2D eigenvalue weighted by Crippen LogP contribution is 2.22. The second kappa shape index (κ2) is 8.51. The van der Waals surface area contributed by atoms with Crippen LogP contribution in [0, 0.1) is 5.92 Å². The Morgan fingerprint density at radius 1 is 1.27 bits per heavy atom. The molecule has 0 radical (unpaired) electrons. The Hall–Kier alpha value is -2.83. The first-order chi connectivity index (χ1) is 12.7. The van der Waals surface area contributed by atoms with Gasteiger partial charge in [-0.3, -0.25) is 4.79 Å². The van der Waals surface area contributed by atoms with Crippen LogP contribution in [0.25, 0.3) is 0 Å². The third-order valence-electron chi connectivity index (χ3n) is 4.66. The van der Waals surface area contributed by atoms with Crippen molar-refractivity contribution in [3.8, 4) is 5.75 Å². The quantitative estimate of drug-likeness (QED) is 0.788. The molecule has 1 fully saturated rings. The number of carboxylic acid groups (broad SMARTS) is 1.